The van der Waals surface area contributed by atoms with Crippen LogP contribution in [0.1, 0.15) is 5.56 Å². The second kappa shape index (κ2) is 5.00. The molecule has 0 fully saturated rings. The predicted octanol–water partition coefficient (Wildman–Crippen LogP) is 3.69. The first-order valence-corrected chi connectivity index (χ1v) is 5.57. The molecule has 5 heteroatoms. The molecule has 0 bridgehead atoms. The van der Waals surface area contributed by atoms with Gasteiger partial charge in [0.05, 0.1) is 12.8 Å². The van der Waals surface area contributed by atoms with Gasteiger partial charge in [-0.2, -0.15) is 0 Å². The number of rotatable bonds is 2. The molecule has 88 valence electrons. The van der Waals surface area contributed by atoms with E-state index >= 15 is 0 Å². The molecule has 0 atom stereocenters. The molecular weight excluding hydrogens is 264 g/mol. The Bertz CT molecular complexity index is 560. The van der Waals surface area contributed by atoms with Gasteiger partial charge in [0.1, 0.15) is 5.82 Å². The number of nitrogens with zero attached hydrogens (tertiary/aromatic N) is 1. The number of benzene rings is 1. The Balaban J connectivity index is 2.68. The van der Waals surface area contributed by atoms with Crippen molar-refractivity contribution >= 4 is 23.2 Å². The summed E-state index contributed by atoms with van der Waals surface area (Å²) < 4.78 is 13.5. The highest BCUT2D eigenvalue weighted by Crippen LogP contribution is 2.33. The van der Waals surface area contributed by atoms with Gasteiger partial charge in [-0.15, -0.1) is 0 Å². The van der Waals surface area contributed by atoms with Gasteiger partial charge in [-0.05, 0) is 18.2 Å². The second-order valence-corrected chi connectivity index (χ2v) is 4.27. The van der Waals surface area contributed by atoms with Crippen molar-refractivity contribution in [1.82, 2.24) is 4.98 Å². The fourth-order valence-electron chi connectivity index (χ4n) is 1.56. The van der Waals surface area contributed by atoms with Crippen LogP contribution in [-0.4, -0.2) is 10.1 Å². The van der Waals surface area contributed by atoms with Gasteiger partial charge in [-0.3, -0.25) is 4.98 Å². The minimum atomic E-state index is -0.568. The molecule has 1 aromatic heterocycles. The maximum absolute atomic E-state index is 13.5. The smallest absolute Gasteiger partial charge is 0.147 e. The zero-order chi connectivity index (χ0) is 12.4. The first-order valence-electron chi connectivity index (χ1n) is 4.82. The summed E-state index contributed by atoms with van der Waals surface area (Å²) in [5.74, 6) is -0.568. The largest absolute Gasteiger partial charge is 0.392 e. The third-order valence-electron chi connectivity index (χ3n) is 2.38. The van der Waals surface area contributed by atoms with E-state index in [4.69, 9.17) is 23.2 Å². The normalized spacial score (nSPS) is 10.6. The average molecular weight is 272 g/mol. The van der Waals surface area contributed by atoms with Crippen molar-refractivity contribution in [2.24, 2.45) is 0 Å². The molecule has 1 N–H and O–H groups in total. The van der Waals surface area contributed by atoms with E-state index in [0.717, 1.165) is 6.20 Å². The summed E-state index contributed by atoms with van der Waals surface area (Å²) in [6, 6.07) is 4.86. The van der Waals surface area contributed by atoms with Crippen LogP contribution >= 0.6 is 23.2 Å². The fourth-order valence-corrected chi connectivity index (χ4v) is 1.95. The van der Waals surface area contributed by atoms with Gasteiger partial charge in [0.15, 0.2) is 0 Å². The number of halogens is 3. The lowest BCUT2D eigenvalue weighted by Crippen LogP contribution is -1.96. The molecule has 0 spiro atoms. The number of aromatic nitrogens is 1. The monoisotopic (exact) mass is 271 g/mol. The Morgan fingerprint density at radius 3 is 2.65 bits per heavy atom. The number of aliphatic hydroxyl groups excluding tert-OH is 1. The summed E-state index contributed by atoms with van der Waals surface area (Å²) in [7, 11) is 0. The molecule has 0 aliphatic heterocycles. The van der Waals surface area contributed by atoms with Crippen LogP contribution in [0.5, 0.6) is 0 Å². The Kier molecular flexibility index (Phi) is 3.62. The molecule has 1 aromatic carbocycles. The van der Waals surface area contributed by atoms with Gasteiger partial charge in [-0.1, -0.05) is 23.2 Å². The standard InChI is InChI=1S/C12H8Cl2FNO/c13-7-1-2-11(14)8(3-7)9-4-16-5-12(15)10(9)6-17/h1-5,17H,6H2. The van der Waals surface area contributed by atoms with Gasteiger partial charge >= 0.3 is 0 Å². The van der Waals surface area contributed by atoms with E-state index in [9.17, 15) is 9.50 Å². The van der Waals surface area contributed by atoms with E-state index in [-0.39, 0.29) is 5.56 Å². The topological polar surface area (TPSA) is 33.1 Å². The highest BCUT2D eigenvalue weighted by Gasteiger charge is 2.13. The molecule has 2 nitrogen and oxygen atoms in total. The quantitative estimate of drug-likeness (QED) is 0.904. The summed E-state index contributed by atoms with van der Waals surface area (Å²) in [6.07, 6.45) is 2.50. The summed E-state index contributed by atoms with van der Waals surface area (Å²) in [5.41, 5.74) is 1.15. The van der Waals surface area contributed by atoms with Crippen LogP contribution in [0.2, 0.25) is 10.0 Å². The van der Waals surface area contributed by atoms with E-state index in [2.05, 4.69) is 4.98 Å². The predicted molar refractivity (Wildman–Crippen MR) is 65.6 cm³/mol. The van der Waals surface area contributed by atoms with E-state index in [1.807, 2.05) is 0 Å². The Labute approximate surface area is 108 Å². The lowest BCUT2D eigenvalue weighted by atomic mass is 10.0. The minimum Gasteiger partial charge on any atom is -0.392 e. The number of hydrogen-bond donors (Lipinski definition) is 1. The maximum Gasteiger partial charge on any atom is 0.147 e. The van der Waals surface area contributed by atoms with Crippen molar-refractivity contribution in [3.05, 3.63) is 52.0 Å². The van der Waals surface area contributed by atoms with E-state index in [0.29, 0.717) is 21.2 Å². The summed E-state index contributed by atoms with van der Waals surface area (Å²) in [5, 5.41) is 10.1. The highest BCUT2D eigenvalue weighted by atomic mass is 35.5. The Morgan fingerprint density at radius 1 is 1.18 bits per heavy atom. The van der Waals surface area contributed by atoms with Gasteiger partial charge in [-0.25, -0.2) is 4.39 Å². The Hall–Kier alpha value is -1.16. The minimum absolute atomic E-state index is 0.157. The molecule has 2 aromatic rings. The van der Waals surface area contributed by atoms with Crippen molar-refractivity contribution in [3.8, 4) is 11.1 Å². The molecule has 17 heavy (non-hydrogen) atoms. The fraction of sp³-hybridized carbons (Fsp3) is 0.0833. The Morgan fingerprint density at radius 2 is 1.94 bits per heavy atom. The van der Waals surface area contributed by atoms with Crippen LogP contribution in [0.15, 0.2) is 30.6 Å². The molecule has 0 radical (unpaired) electrons. The number of aliphatic hydroxyl groups is 1. The molecule has 0 aliphatic carbocycles. The number of hydrogen-bond acceptors (Lipinski definition) is 2. The van der Waals surface area contributed by atoms with Crippen molar-refractivity contribution in [2.45, 2.75) is 6.61 Å². The van der Waals surface area contributed by atoms with E-state index in [1.54, 1.807) is 18.2 Å². The third kappa shape index (κ3) is 2.41. The van der Waals surface area contributed by atoms with E-state index in [1.165, 1.54) is 6.20 Å². The highest BCUT2D eigenvalue weighted by molar-refractivity contribution is 6.35. The second-order valence-electron chi connectivity index (χ2n) is 3.43. The average Bonchev–Trinajstić information content (AvgIpc) is 2.32. The van der Waals surface area contributed by atoms with Crippen LogP contribution in [0.3, 0.4) is 0 Å². The van der Waals surface area contributed by atoms with Crippen LogP contribution in [-0.2, 0) is 6.61 Å². The lowest BCUT2D eigenvalue weighted by molar-refractivity contribution is 0.276. The van der Waals surface area contributed by atoms with E-state index < -0.39 is 12.4 Å². The van der Waals surface area contributed by atoms with Crippen LogP contribution in [0.4, 0.5) is 4.39 Å². The number of pyridine rings is 1. The van der Waals surface area contributed by atoms with Crippen molar-refractivity contribution in [3.63, 3.8) is 0 Å². The zero-order valence-electron chi connectivity index (χ0n) is 8.62. The summed E-state index contributed by atoms with van der Waals surface area (Å²) in [4.78, 5) is 3.75. The lowest BCUT2D eigenvalue weighted by Gasteiger charge is -2.10. The SMILES string of the molecule is OCc1c(F)cncc1-c1cc(Cl)ccc1Cl. The first-order chi connectivity index (χ1) is 8.13. The molecule has 0 saturated heterocycles. The van der Waals surface area contributed by atoms with Crippen molar-refractivity contribution < 1.29 is 9.50 Å². The molecule has 0 amide bonds. The molecule has 0 aliphatic rings. The molecule has 1 heterocycles. The van der Waals surface area contributed by atoms with Crippen molar-refractivity contribution in [1.29, 1.82) is 0 Å². The van der Waals surface area contributed by atoms with Crippen LogP contribution in [0, 0.1) is 5.82 Å². The van der Waals surface area contributed by atoms with Gasteiger partial charge in [0.2, 0.25) is 0 Å². The third-order valence-corrected chi connectivity index (χ3v) is 2.95. The van der Waals surface area contributed by atoms with Gasteiger partial charge in [0, 0.05) is 32.9 Å². The zero-order valence-corrected chi connectivity index (χ0v) is 10.1. The van der Waals surface area contributed by atoms with Gasteiger partial charge in [0.25, 0.3) is 0 Å². The molecule has 0 saturated carbocycles. The molecule has 0 unspecified atom stereocenters. The van der Waals surface area contributed by atoms with Crippen LogP contribution < -0.4 is 0 Å². The van der Waals surface area contributed by atoms with Crippen LogP contribution in [0.25, 0.3) is 11.1 Å². The summed E-state index contributed by atoms with van der Waals surface area (Å²) >= 11 is 11.9. The molecule has 2 rings (SSSR count). The maximum atomic E-state index is 13.5. The van der Waals surface area contributed by atoms with Gasteiger partial charge < -0.3 is 5.11 Å². The first kappa shape index (κ1) is 12.3. The molecular formula is C12H8Cl2FNO. The van der Waals surface area contributed by atoms with Crippen molar-refractivity contribution in [2.75, 3.05) is 0 Å². The summed E-state index contributed by atoms with van der Waals surface area (Å²) in [6.45, 7) is -0.424.